The zero-order chi connectivity index (χ0) is 9.68. The molecule has 0 radical (unpaired) electrons. The number of amides is 1. The molecule has 0 unspecified atom stereocenters. The van der Waals surface area contributed by atoms with Crippen molar-refractivity contribution in [2.45, 2.75) is 26.2 Å². The Labute approximate surface area is 79.0 Å². The summed E-state index contributed by atoms with van der Waals surface area (Å²) in [4.78, 5) is 13.2. The number of hydrogen-bond acceptors (Lipinski definition) is 3. The topological polar surface area (TPSA) is 44.4 Å². The molecule has 1 fully saturated rings. The number of hydrogen-bond donors (Lipinski definition) is 2. The van der Waals surface area contributed by atoms with Gasteiger partial charge < -0.3 is 5.43 Å². The van der Waals surface area contributed by atoms with E-state index in [1.807, 2.05) is 6.08 Å². The summed E-state index contributed by atoms with van der Waals surface area (Å²) in [6, 6.07) is 0. The van der Waals surface area contributed by atoms with Crippen molar-refractivity contribution in [3.63, 3.8) is 0 Å². The van der Waals surface area contributed by atoms with Crippen LogP contribution in [0.2, 0.25) is 0 Å². The smallest absolute Gasteiger partial charge is 0.228 e. The van der Waals surface area contributed by atoms with Crippen molar-refractivity contribution in [2.24, 2.45) is 0 Å². The molecule has 0 bridgehead atoms. The molecule has 0 aromatic carbocycles. The number of rotatable bonds is 4. The van der Waals surface area contributed by atoms with E-state index in [4.69, 9.17) is 0 Å². The molecule has 0 aliphatic carbocycles. The van der Waals surface area contributed by atoms with Gasteiger partial charge in [0.15, 0.2) is 0 Å². The lowest BCUT2D eigenvalue weighted by Gasteiger charge is -2.20. The van der Waals surface area contributed by atoms with Crippen LogP contribution in [0, 0.1) is 0 Å². The molecule has 0 spiro atoms. The largest absolute Gasteiger partial charge is 0.308 e. The second kappa shape index (κ2) is 4.87. The average Bonchev–Trinajstić information content (AvgIpc) is 2.51. The number of likely N-dealkylation sites (tertiary alicyclic amines) is 1. The Morgan fingerprint density at radius 2 is 2.46 bits per heavy atom. The highest BCUT2D eigenvalue weighted by atomic mass is 16.2. The van der Waals surface area contributed by atoms with Crippen molar-refractivity contribution in [2.75, 3.05) is 13.6 Å². The lowest BCUT2D eigenvalue weighted by Crippen LogP contribution is -2.38. The zero-order valence-corrected chi connectivity index (χ0v) is 8.26. The number of allylic oxidation sites excluding steroid dienone is 1. The van der Waals surface area contributed by atoms with Gasteiger partial charge in [-0.2, -0.15) is 0 Å². The van der Waals surface area contributed by atoms with Gasteiger partial charge in [-0.3, -0.25) is 9.69 Å². The third-order valence-corrected chi connectivity index (χ3v) is 2.01. The minimum absolute atomic E-state index is 0.211. The normalized spacial score (nSPS) is 18.2. The van der Waals surface area contributed by atoms with Gasteiger partial charge in [0.05, 0.1) is 0 Å². The fourth-order valence-electron chi connectivity index (χ4n) is 1.45. The van der Waals surface area contributed by atoms with Crippen molar-refractivity contribution in [1.29, 1.82) is 0 Å². The average molecular weight is 183 g/mol. The first-order valence-corrected chi connectivity index (χ1v) is 4.73. The van der Waals surface area contributed by atoms with Crippen LogP contribution in [0.15, 0.2) is 11.9 Å². The van der Waals surface area contributed by atoms with Gasteiger partial charge >= 0.3 is 0 Å². The maximum Gasteiger partial charge on any atom is 0.228 e. The van der Waals surface area contributed by atoms with Crippen molar-refractivity contribution in [3.8, 4) is 0 Å². The minimum Gasteiger partial charge on any atom is -0.308 e. The molecule has 0 aromatic rings. The first-order chi connectivity index (χ1) is 6.29. The van der Waals surface area contributed by atoms with Gasteiger partial charge in [0.25, 0.3) is 0 Å². The molecular formula is C9H17N3O. The Bertz CT molecular complexity index is 213. The summed E-state index contributed by atoms with van der Waals surface area (Å²) >= 11 is 0. The standard InChI is InChI=1S/C9H17N3O/c1-3-5-8(11-10-2)12-7-4-6-9(12)13/h5,10-11H,3-4,6-7H2,1-2H3/b8-5+. The fourth-order valence-corrected chi connectivity index (χ4v) is 1.45. The second-order valence-corrected chi connectivity index (χ2v) is 3.02. The van der Waals surface area contributed by atoms with E-state index in [1.54, 1.807) is 11.9 Å². The molecule has 1 heterocycles. The fraction of sp³-hybridized carbons (Fsp3) is 0.667. The Hall–Kier alpha value is -1.03. The molecule has 1 aliphatic heterocycles. The molecule has 0 aromatic heterocycles. The van der Waals surface area contributed by atoms with Crippen LogP contribution >= 0.6 is 0 Å². The van der Waals surface area contributed by atoms with E-state index in [2.05, 4.69) is 17.8 Å². The molecule has 0 saturated carbocycles. The number of carbonyl (C=O) groups is 1. The van der Waals surface area contributed by atoms with Crippen LogP contribution in [-0.4, -0.2) is 24.4 Å². The van der Waals surface area contributed by atoms with Crippen LogP contribution in [0.25, 0.3) is 0 Å². The molecule has 13 heavy (non-hydrogen) atoms. The van der Waals surface area contributed by atoms with Gasteiger partial charge in [-0.1, -0.05) is 6.92 Å². The van der Waals surface area contributed by atoms with Gasteiger partial charge in [0.1, 0.15) is 5.82 Å². The highest BCUT2D eigenvalue weighted by Gasteiger charge is 2.22. The van der Waals surface area contributed by atoms with Gasteiger partial charge in [-0.15, -0.1) is 0 Å². The maximum atomic E-state index is 11.4. The molecule has 4 heteroatoms. The van der Waals surface area contributed by atoms with Crippen LogP contribution < -0.4 is 10.9 Å². The van der Waals surface area contributed by atoms with Gasteiger partial charge in [0.2, 0.25) is 5.91 Å². The molecule has 4 nitrogen and oxygen atoms in total. The third kappa shape index (κ3) is 2.45. The van der Waals surface area contributed by atoms with Crippen LogP contribution in [0.3, 0.4) is 0 Å². The van der Waals surface area contributed by atoms with Gasteiger partial charge in [-0.25, -0.2) is 5.43 Å². The monoisotopic (exact) mass is 183 g/mol. The van der Waals surface area contributed by atoms with E-state index in [9.17, 15) is 4.79 Å². The van der Waals surface area contributed by atoms with Crippen molar-refractivity contribution < 1.29 is 4.79 Å². The summed E-state index contributed by atoms with van der Waals surface area (Å²) in [6.07, 6.45) is 4.57. The van der Waals surface area contributed by atoms with E-state index < -0.39 is 0 Å². The lowest BCUT2D eigenvalue weighted by molar-refractivity contribution is -0.126. The van der Waals surface area contributed by atoms with Crippen LogP contribution in [0.4, 0.5) is 0 Å². The third-order valence-electron chi connectivity index (χ3n) is 2.01. The predicted molar refractivity (Wildman–Crippen MR) is 51.5 cm³/mol. The van der Waals surface area contributed by atoms with E-state index >= 15 is 0 Å². The maximum absolute atomic E-state index is 11.4. The van der Waals surface area contributed by atoms with Crippen molar-refractivity contribution >= 4 is 5.91 Å². The molecule has 1 amide bonds. The number of nitrogens with one attached hydrogen (secondary N) is 2. The van der Waals surface area contributed by atoms with Crippen LogP contribution in [-0.2, 0) is 4.79 Å². The minimum atomic E-state index is 0.211. The molecule has 1 aliphatic rings. The summed E-state index contributed by atoms with van der Waals surface area (Å²) in [6.45, 7) is 2.89. The van der Waals surface area contributed by atoms with E-state index in [-0.39, 0.29) is 5.91 Å². The van der Waals surface area contributed by atoms with Gasteiger partial charge in [-0.05, 0) is 18.9 Å². The molecule has 1 saturated heterocycles. The van der Waals surface area contributed by atoms with Crippen LogP contribution in [0.1, 0.15) is 26.2 Å². The number of hydrazine groups is 1. The van der Waals surface area contributed by atoms with E-state index in [0.717, 1.165) is 25.2 Å². The summed E-state index contributed by atoms with van der Waals surface area (Å²) in [5.41, 5.74) is 5.81. The molecule has 74 valence electrons. The summed E-state index contributed by atoms with van der Waals surface area (Å²) < 4.78 is 0. The Kier molecular flexibility index (Phi) is 3.76. The van der Waals surface area contributed by atoms with Gasteiger partial charge in [0, 0.05) is 20.0 Å². The summed E-state index contributed by atoms with van der Waals surface area (Å²) in [5.74, 6) is 1.09. The van der Waals surface area contributed by atoms with E-state index in [1.165, 1.54) is 0 Å². The number of nitrogens with zero attached hydrogens (tertiary/aromatic N) is 1. The van der Waals surface area contributed by atoms with Crippen molar-refractivity contribution in [3.05, 3.63) is 11.9 Å². The zero-order valence-electron chi connectivity index (χ0n) is 8.26. The Morgan fingerprint density at radius 3 is 2.92 bits per heavy atom. The SMILES string of the molecule is CC/C=C(\NNC)N1CCCC1=O. The second-order valence-electron chi connectivity index (χ2n) is 3.02. The molecule has 1 rings (SSSR count). The summed E-state index contributed by atoms with van der Waals surface area (Å²) in [5, 5.41) is 0. The predicted octanol–water partition coefficient (Wildman–Crippen LogP) is 0.584. The summed E-state index contributed by atoms with van der Waals surface area (Å²) in [7, 11) is 1.80. The highest BCUT2D eigenvalue weighted by Crippen LogP contribution is 2.14. The quantitative estimate of drug-likeness (QED) is 0.627. The van der Waals surface area contributed by atoms with Crippen molar-refractivity contribution in [1.82, 2.24) is 15.8 Å². The first-order valence-electron chi connectivity index (χ1n) is 4.73. The lowest BCUT2D eigenvalue weighted by atomic mass is 10.4. The Morgan fingerprint density at radius 1 is 1.69 bits per heavy atom. The number of carbonyl (C=O) groups excluding carboxylic acids is 1. The molecule has 0 atom stereocenters. The Balaban J connectivity index is 2.63. The molecule has 2 N–H and O–H groups in total. The first kappa shape index (κ1) is 10.1. The highest BCUT2D eigenvalue weighted by molar-refractivity contribution is 5.79. The van der Waals surface area contributed by atoms with Crippen LogP contribution in [0.5, 0.6) is 0 Å². The van der Waals surface area contributed by atoms with E-state index in [0.29, 0.717) is 6.42 Å². The molecular weight excluding hydrogens is 166 g/mol.